The SMILES string of the molecule is CCC(Br)c1nc2ccccc2s1. The molecule has 68 valence electrons. The molecule has 1 nitrogen and oxygen atoms in total. The van der Waals surface area contributed by atoms with Crippen molar-refractivity contribution in [1.82, 2.24) is 4.98 Å². The zero-order valence-electron chi connectivity index (χ0n) is 7.33. The number of hydrogen-bond donors (Lipinski definition) is 0. The van der Waals surface area contributed by atoms with Gasteiger partial charge in [-0.3, -0.25) is 0 Å². The van der Waals surface area contributed by atoms with Gasteiger partial charge in [0.15, 0.2) is 0 Å². The molecule has 0 aliphatic carbocycles. The maximum absolute atomic E-state index is 4.56. The Morgan fingerprint density at radius 3 is 2.92 bits per heavy atom. The number of para-hydroxylation sites is 1. The average molecular weight is 256 g/mol. The van der Waals surface area contributed by atoms with Crippen LogP contribution in [0.2, 0.25) is 0 Å². The predicted octanol–water partition coefficient (Wildman–Crippen LogP) is 4.14. The van der Waals surface area contributed by atoms with Crippen LogP contribution in [-0.4, -0.2) is 4.98 Å². The highest BCUT2D eigenvalue weighted by atomic mass is 79.9. The van der Waals surface area contributed by atoms with E-state index in [1.165, 1.54) is 9.71 Å². The van der Waals surface area contributed by atoms with Crippen molar-refractivity contribution in [2.24, 2.45) is 0 Å². The number of hydrogen-bond acceptors (Lipinski definition) is 2. The number of thiazole rings is 1. The molecule has 0 aliphatic heterocycles. The average Bonchev–Trinajstić information content (AvgIpc) is 2.59. The Morgan fingerprint density at radius 1 is 1.46 bits per heavy atom. The maximum Gasteiger partial charge on any atom is 0.107 e. The minimum Gasteiger partial charge on any atom is -0.240 e. The third-order valence-corrected chi connectivity index (χ3v) is 4.47. The number of alkyl halides is 1. The minimum absolute atomic E-state index is 0.407. The quantitative estimate of drug-likeness (QED) is 0.736. The van der Waals surface area contributed by atoms with E-state index < -0.39 is 0 Å². The summed E-state index contributed by atoms with van der Waals surface area (Å²) < 4.78 is 1.27. The van der Waals surface area contributed by atoms with Gasteiger partial charge in [0.05, 0.1) is 15.0 Å². The Balaban J connectivity index is 2.49. The van der Waals surface area contributed by atoms with E-state index in [1.807, 2.05) is 6.07 Å². The van der Waals surface area contributed by atoms with Crippen LogP contribution in [0.3, 0.4) is 0 Å². The first-order valence-corrected chi connectivity index (χ1v) is 6.04. The van der Waals surface area contributed by atoms with Gasteiger partial charge in [-0.05, 0) is 18.6 Å². The molecule has 0 fully saturated rings. The van der Waals surface area contributed by atoms with E-state index >= 15 is 0 Å². The van der Waals surface area contributed by atoms with Crippen LogP contribution in [0.4, 0.5) is 0 Å². The topological polar surface area (TPSA) is 12.9 Å². The van der Waals surface area contributed by atoms with Crippen molar-refractivity contribution in [3.63, 3.8) is 0 Å². The van der Waals surface area contributed by atoms with E-state index in [-0.39, 0.29) is 0 Å². The highest BCUT2D eigenvalue weighted by Crippen LogP contribution is 2.32. The first kappa shape index (κ1) is 9.16. The number of rotatable bonds is 2. The van der Waals surface area contributed by atoms with E-state index in [0.29, 0.717) is 4.83 Å². The van der Waals surface area contributed by atoms with Crippen LogP contribution < -0.4 is 0 Å². The Bertz CT molecular complexity index is 377. The molecule has 0 saturated carbocycles. The molecule has 0 saturated heterocycles. The molecule has 0 spiro atoms. The van der Waals surface area contributed by atoms with Gasteiger partial charge in [0.2, 0.25) is 0 Å². The zero-order chi connectivity index (χ0) is 9.26. The van der Waals surface area contributed by atoms with Crippen molar-refractivity contribution in [2.75, 3.05) is 0 Å². The first-order valence-electron chi connectivity index (χ1n) is 4.31. The smallest absolute Gasteiger partial charge is 0.107 e. The number of aromatic nitrogens is 1. The monoisotopic (exact) mass is 255 g/mol. The van der Waals surface area contributed by atoms with E-state index in [9.17, 15) is 0 Å². The molecule has 0 aliphatic rings. The number of benzene rings is 1. The Hall–Kier alpha value is -0.410. The molecule has 1 aromatic heterocycles. The van der Waals surface area contributed by atoms with E-state index in [4.69, 9.17) is 0 Å². The van der Waals surface area contributed by atoms with Crippen LogP contribution in [0, 0.1) is 0 Å². The van der Waals surface area contributed by atoms with Crippen LogP contribution in [0.5, 0.6) is 0 Å². The first-order chi connectivity index (χ1) is 6.31. The molecule has 13 heavy (non-hydrogen) atoms. The normalized spacial score (nSPS) is 13.4. The van der Waals surface area contributed by atoms with Gasteiger partial charge in [0, 0.05) is 0 Å². The highest BCUT2D eigenvalue weighted by molar-refractivity contribution is 9.09. The Labute approximate surface area is 89.9 Å². The lowest BCUT2D eigenvalue weighted by Crippen LogP contribution is -1.83. The van der Waals surface area contributed by atoms with Crippen molar-refractivity contribution >= 4 is 37.5 Å². The molecule has 1 heterocycles. The van der Waals surface area contributed by atoms with Crippen molar-refractivity contribution in [3.05, 3.63) is 29.3 Å². The summed E-state index contributed by atoms with van der Waals surface area (Å²) in [5, 5.41) is 1.18. The van der Waals surface area contributed by atoms with Gasteiger partial charge in [-0.2, -0.15) is 0 Å². The maximum atomic E-state index is 4.56. The molecule has 1 unspecified atom stereocenters. The Morgan fingerprint density at radius 2 is 2.23 bits per heavy atom. The molecular weight excluding hydrogens is 246 g/mol. The second-order valence-electron chi connectivity index (χ2n) is 2.90. The summed E-state index contributed by atoms with van der Waals surface area (Å²) in [5.74, 6) is 0. The molecular formula is C10H10BrNS. The standard InChI is InChI=1S/C10H10BrNS/c1-2-7(11)10-12-8-5-3-4-6-9(8)13-10/h3-7H,2H2,1H3. The van der Waals surface area contributed by atoms with E-state index in [1.54, 1.807) is 11.3 Å². The van der Waals surface area contributed by atoms with Gasteiger partial charge >= 0.3 is 0 Å². The lowest BCUT2D eigenvalue weighted by Gasteiger charge is -1.98. The molecule has 0 N–H and O–H groups in total. The fourth-order valence-corrected chi connectivity index (χ4v) is 2.61. The molecule has 1 aromatic carbocycles. The van der Waals surface area contributed by atoms with Gasteiger partial charge in [0.1, 0.15) is 5.01 Å². The largest absolute Gasteiger partial charge is 0.240 e. The summed E-state index contributed by atoms with van der Waals surface area (Å²) in [6.45, 7) is 2.16. The summed E-state index contributed by atoms with van der Waals surface area (Å²) in [5.41, 5.74) is 1.11. The molecule has 0 amide bonds. The lowest BCUT2D eigenvalue weighted by atomic mass is 10.3. The number of nitrogens with zero attached hydrogens (tertiary/aromatic N) is 1. The van der Waals surface area contributed by atoms with Crippen LogP contribution in [0.1, 0.15) is 23.2 Å². The third kappa shape index (κ3) is 1.76. The summed E-state index contributed by atoms with van der Waals surface area (Å²) in [4.78, 5) is 4.96. The van der Waals surface area contributed by atoms with Gasteiger partial charge in [0.25, 0.3) is 0 Å². The van der Waals surface area contributed by atoms with E-state index in [0.717, 1.165) is 11.9 Å². The summed E-state index contributed by atoms with van der Waals surface area (Å²) in [7, 11) is 0. The Kier molecular flexibility index (Phi) is 2.65. The molecule has 2 aromatic rings. The van der Waals surface area contributed by atoms with Gasteiger partial charge < -0.3 is 0 Å². The van der Waals surface area contributed by atoms with E-state index in [2.05, 4.69) is 46.0 Å². The summed E-state index contributed by atoms with van der Waals surface area (Å²) >= 11 is 5.38. The van der Waals surface area contributed by atoms with Gasteiger partial charge in [-0.1, -0.05) is 35.0 Å². The highest BCUT2D eigenvalue weighted by Gasteiger charge is 2.09. The second kappa shape index (κ2) is 3.76. The zero-order valence-corrected chi connectivity index (χ0v) is 9.73. The van der Waals surface area contributed by atoms with Crippen molar-refractivity contribution in [3.8, 4) is 0 Å². The molecule has 0 radical (unpaired) electrons. The summed E-state index contributed by atoms with van der Waals surface area (Å²) in [6.07, 6.45) is 1.08. The van der Waals surface area contributed by atoms with Crippen molar-refractivity contribution in [2.45, 2.75) is 18.2 Å². The van der Waals surface area contributed by atoms with Crippen LogP contribution >= 0.6 is 27.3 Å². The van der Waals surface area contributed by atoms with Gasteiger partial charge in [-0.15, -0.1) is 11.3 Å². The predicted molar refractivity (Wildman–Crippen MR) is 61.6 cm³/mol. The van der Waals surface area contributed by atoms with Crippen LogP contribution in [-0.2, 0) is 0 Å². The second-order valence-corrected chi connectivity index (χ2v) is 5.06. The van der Waals surface area contributed by atoms with Gasteiger partial charge in [-0.25, -0.2) is 4.98 Å². The fourth-order valence-electron chi connectivity index (χ4n) is 1.20. The molecule has 2 rings (SSSR count). The lowest BCUT2D eigenvalue weighted by molar-refractivity contribution is 0.902. The van der Waals surface area contributed by atoms with Crippen LogP contribution in [0.25, 0.3) is 10.2 Å². The summed E-state index contributed by atoms with van der Waals surface area (Å²) in [6, 6.07) is 8.26. The third-order valence-electron chi connectivity index (χ3n) is 1.94. The van der Waals surface area contributed by atoms with Crippen LogP contribution in [0.15, 0.2) is 24.3 Å². The molecule has 3 heteroatoms. The molecule has 1 atom stereocenters. The van der Waals surface area contributed by atoms with Crippen molar-refractivity contribution in [1.29, 1.82) is 0 Å². The minimum atomic E-state index is 0.407. The van der Waals surface area contributed by atoms with Crippen molar-refractivity contribution < 1.29 is 0 Å². The number of halogens is 1. The fraction of sp³-hybridized carbons (Fsp3) is 0.300. The number of fused-ring (bicyclic) bond motifs is 1. The molecule has 0 bridgehead atoms.